The highest BCUT2D eigenvalue weighted by molar-refractivity contribution is 6.42. The SMILES string of the molecule is Cn1cccc1C(=O)C(=O)NC[C@@H]1COc2ccccc2C1. The summed E-state index contributed by atoms with van der Waals surface area (Å²) in [5.41, 5.74) is 1.53. The van der Waals surface area contributed by atoms with Crippen molar-refractivity contribution in [2.45, 2.75) is 6.42 Å². The van der Waals surface area contributed by atoms with E-state index in [0.29, 0.717) is 18.8 Å². The van der Waals surface area contributed by atoms with Gasteiger partial charge >= 0.3 is 0 Å². The van der Waals surface area contributed by atoms with Crippen LogP contribution in [0, 0.1) is 5.92 Å². The van der Waals surface area contributed by atoms with Gasteiger partial charge in [0.25, 0.3) is 11.7 Å². The second kappa shape index (κ2) is 6.05. The highest BCUT2D eigenvalue weighted by atomic mass is 16.5. The van der Waals surface area contributed by atoms with E-state index in [9.17, 15) is 9.59 Å². The van der Waals surface area contributed by atoms with E-state index in [1.165, 1.54) is 0 Å². The van der Waals surface area contributed by atoms with Crippen LogP contribution in [0.2, 0.25) is 0 Å². The predicted octanol–water partition coefficient (Wildman–Crippen LogP) is 1.58. The molecule has 5 heteroatoms. The Bertz CT molecular complexity index is 705. The van der Waals surface area contributed by atoms with Crippen LogP contribution in [0.25, 0.3) is 0 Å². The number of aromatic nitrogens is 1. The maximum atomic E-state index is 12.0. The van der Waals surface area contributed by atoms with Gasteiger partial charge in [-0.2, -0.15) is 0 Å². The summed E-state index contributed by atoms with van der Waals surface area (Å²) in [6, 6.07) is 11.3. The first-order valence-electron chi connectivity index (χ1n) is 7.29. The predicted molar refractivity (Wildman–Crippen MR) is 81.9 cm³/mol. The van der Waals surface area contributed by atoms with Crippen LogP contribution in [-0.2, 0) is 18.3 Å². The Morgan fingerprint density at radius 3 is 2.86 bits per heavy atom. The third-order valence-corrected chi connectivity index (χ3v) is 3.89. The largest absolute Gasteiger partial charge is 0.493 e. The van der Waals surface area contributed by atoms with Gasteiger partial charge in [-0.15, -0.1) is 0 Å². The van der Waals surface area contributed by atoms with Crippen molar-refractivity contribution in [1.29, 1.82) is 0 Å². The molecule has 1 aromatic carbocycles. The molecule has 0 fully saturated rings. The molecule has 22 heavy (non-hydrogen) atoms. The van der Waals surface area contributed by atoms with Crippen LogP contribution in [-0.4, -0.2) is 29.4 Å². The third-order valence-electron chi connectivity index (χ3n) is 3.89. The normalized spacial score (nSPS) is 16.5. The maximum Gasteiger partial charge on any atom is 0.294 e. The van der Waals surface area contributed by atoms with Crippen LogP contribution in [0.5, 0.6) is 5.75 Å². The molecule has 0 bridgehead atoms. The highest BCUT2D eigenvalue weighted by Gasteiger charge is 2.23. The van der Waals surface area contributed by atoms with Gasteiger partial charge in [-0.3, -0.25) is 9.59 Å². The third kappa shape index (κ3) is 2.88. The van der Waals surface area contributed by atoms with Crippen LogP contribution in [0.15, 0.2) is 42.6 Å². The van der Waals surface area contributed by atoms with Crippen molar-refractivity contribution in [2.24, 2.45) is 13.0 Å². The lowest BCUT2D eigenvalue weighted by Gasteiger charge is -2.25. The number of nitrogens with zero attached hydrogens (tertiary/aromatic N) is 1. The Morgan fingerprint density at radius 1 is 1.27 bits per heavy atom. The minimum atomic E-state index is -0.569. The molecule has 2 heterocycles. The Labute approximate surface area is 128 Å². The first-order valence-corrected chi connectivity index (χ1v) is 7.29. The summed E-state index contributed by atoms with van der Waals surface area (Å²) in [5, 5.41) is 2.72. The number of fused-ring (bicyclic) bond motifs is 1. The molecule has 1 amide bonds. The number of para-hydroxylation sites is 1. The molecule has 0 spiro atoms. The van der Waals surface area contributed by atoms with E-state index in [4.69, 9.17) is 4.74 Å². The molecule has 0 aliphatic carbocycles. The number of rotatable bonds is 4. The van der Waals surface area contributed by atoms with Gasteiger partial charge in [0.1, 0.15) is 5.75 Å². The molecule has 1 aliphatic heterocycles. The van der Waals surface area contributed by atoms with Crippen LogP contribution >= 0.6 is 0 Å². The molecule has 114 valence electrons. The summed E-state index contributed by atoms with van der Waals surface area (Å²) in [6.07, 6.45) is 2.58. The van der Waals surface area contributed by atoms with Gasteiger partial charge in [-0.1, -0.05) is 18.2 Å². The molecule has 5 nitrogen and oxygen atoms in total. The summed E-state index contributed by atoms with van der Waals surface area (Å²) in [5.74, 6) is 0.00955. The van der Waals surface area contributed by atoms with Crippen molar-refractivity contribution >= 4 is 11.7 Å². The van der Waals surface area contributed by atoms with Crippen molar-refractivity contribution in [3.8, 4) is 5.75 Å². The number of amides is 1. The zero-order chi connectivity index (χ0) is 15.5. The molecule has 1 atom stereocenters. The van der Waals surface area contributed by atoms with E-state index in [0.717, 1.165) is 17.7 Å². The molecule has 0 radical (unpaired) electrons. The summed E-state index contributed by atoms with van der Waals surface area (Å²) >= 11 is 0. The zero-order valence-electron chi connectivity index (χ0n) is 12.4. The van der Waals surface area contributed by atoms with E-state index in [-0.39, 0.29) is 5.92 Å². The first kappa shape index (κ1) is 14.4. The maximum absolute atomic E-state index is 12.0. The number of nitrogens with one attached hydrogen (secondary N) is 1. The van der Waals surface area contributed by atoms with Crippen molar-refractivity contribution in [2.75, 3.05) is 13.2 Å². The summed E-state index contributed by atoms with van der Waals surface area (Å²) in [7, 11) is 1.74. The Kier molecular flexibility index (Phi) is 3.96. The molecule has 3 rings (SSSR count). The topological polar surface area (TPSA) is 60.3 Å². The minimum Gasteiger partial charge on any atom is -0.493 e. The number of hydrogen-bond donors (Lipinski definition) is 1. The van der Waals surface area contributed by atoms with E-state index in [2.05, 4.69) is 5.32 Å². The fourth-order valence-corrected chi connectivity index (χ4v) is 2.65. The Hall–Kier alpha value is -2.56. The van der Waals surface area contributed by atoms with Gasteiger partial charge in [-0.05, 0) is 30.2 Å². The molecule has 1 aromatic heterocycles. The minimum absolute atomic E-state index is 0.181. The van der Waals surface area contributed by atoms with E-state index >= 15 is 0 Å². The summed E-state index contributed by atoms with van der Waals surface area (Å²) in [4.78, 5) is 24.0. The van der Waals surface area contributed by atoms with Gasteiger partial charge in [-0.25, -0.2) is 0 Å². The molecule has 0 saturated carbocycles. The standard InChI is InChI=1S/C17H18N2O3/c1-19-8-4-6-14(19)16(20)17(21)18-10-12-9-13-5-2-3-7-15(13)22-11-12/h2-8,12H,9-11H2,1H3,(H,18,21)/t12-/m1/s1. The van der Waals surface area contributed by atoms with Gasteiger partial charge in [0.05, 0.1) is 12.3 Å². The van der Waals surface area contributed by atoms with Gasteiger partial charge in [0.2, 0.25) is 0 Å². The zero-order valence-corrected chi connectivity index (χ0v) is 12.4. The average Bonchev–Trinajstić information content (AvgIpc) is 2.97. The Morgan fingerprint density at radius 2 is 2.09 bits per heavy atom. The lowest BCUT2D eigenvalue weighted by Crippen LogP contribution is -2.38. The summed E-state index contributed by atoms with van der Waals surface area (Å²) in [6.45, 7) is 0.985. The number of aryl methyl sites for hydroxylation is 1. The number of ether oxygens (including phenoxy) is 1. The lowest BCUT2D eigenvalue weighted by atomic mass is 9.97. The monoisotopic (exact) mass is 298 g/mol. The molecule has 1 aliphatic rings. The highest BCUT2D eigenvalue weighted by Crippen LogP contribution is 2.26. The van der Waals surface area contributed by atoms with Crippen LogP contribution in [0.4, 0.5) is 0 Å². The number of carbonyl (C=O) groups is 2. The number of ketones is 1. The van der Waals surface area contributed by atoms with Crippen molar-refractivity contribution < 1.29 is 14.3 Å². The van der Waals surface area contributed by atoms with Crippen molar-refractivity contribution in [3.63, 3.8) is 0 Å². The van der Waals surface area contributed by atoms with E-state index in [1.54, 1.807) is 29.9 Å². The second-order valence-corrected chi connectivity index (χ2v) is 5.53. The first-order chi connectivity index (χ1) is 10.6. The molecule has 1 N–H and O–H groups in total. The van der Waals surface area contributed by atoms with Gasteiger partial charge in [0, 0.05) is 25.7 Å². The Balaban J connectivity index is 1.56. The van der Waals surface area contributed by atoms with Crippen molar-refractivity contribution in [3.05, 3.63) is 53.9 Å². The molecule has 0 saturated heterocycles. The molecule has 2 aromatic rings. The fraction of sp³-hybridized carbons (Fsp3) is 0.294. The number of carbonyl (C=O) groups excluding carboxylic acids is 2. The van der Waals surface area contributed by atoms with Gasteiger partial charge < -0.3 is 14.6 Å². The molecular formula is C17H18N2O3. The quantitative estimate of drug-likeness (QED) is 0.688. The summed E-state index contributed by atoms with van der Waals surface area (Å²) < 4.78 is 7.32. The molecule has 0 unspecified atom stereocenters. The molecular weight excluding hydrogens is 280 g/mol. The van der Waals surface area contributed by atoms with Crippen LogP contribution in [0.1, 0.15) is 16.1 Å². The van der Waals surface area contributed by atoms with Crippen LogP contribution in [0.3, 0.4) is 0 Å². The lowest BCUT2D eigenvalue weighted by molar-refractivity contribution is -0.117. The fourth-order valence-electron chi connectivity index (χ4n) is 2.65. The van der Waals surface area contributed by atoms with Gasteiger partial charge in [0.15, 0.2) is 0 Å². The number of hydrogen-bond acceptors (Lipinski definition) is 3. The van der Waals surface area contributed by atoms with Crippen molar-refractivity contribution in [1.82, 2.24) is 9.88 Å². The second-order valence-electron chi connectivity index (χ2n) is 5.53. The smallest absolute Gasteiger partial charge is 0.294 e. The average molecular weight is 298 g/mol. The number of Topliss-reactive ketones (excluding diaryl/α,β-unsaturated/α-hetero) is 1. The number of benzene rings is 1. The van der Waals surface area contributed by atoms with E-state index in [1.807, 2.05) is 24.3 Å². The van der Waals surface area contributed by atoms with Crippen LogP contribution < -0.4 is 10.1 Å². The van der Waals surface area contributed by atoms with E-state index < -0.39 is 11.7 Å².